The molecule has 19 heavy (non-hydrogen) atoms. The van der Waals surface area contributed by atoms with E-state index in [1.807, 2.05) is 19.1 Å². The van der Waals surface area contributed by atoms with Gasteiger partial charge in [0.1, 0.15) is 0 Å². The molecule has 1 aromatic carbocycles. The molecule has 0 radical (unpaired) electrons. The second kappa shape index (κ2) is 6.92. The molecule has 0 aromatic heterocycles. The van der Waals surface area contributed by atoms with Gasteiger partial charge in [0, 0.05) is 16.2 Å². The summed E-state index contributed by atoms with van der Waals surface area (Å²) in [6.07, 6.45) is 1.99. The van der Waals surface area contributed by atoms with E-state index in [0.717, 1.165) is 24.1 Å². The van der Waals surface area contributed by atoms with Gasteiger partial charge in [-0.3, -0.25) is 4.79 Å². The molecule has 0 aliphatic carbocycles. The molecule has 0 atom stereocenters. The van der Waals surface area contributed by atoms with Crippen molar-refractivity contribution in [2.45, 2.75) is 46.1 Å². The third-order valence-electron chi connectivity index (χ3n) is 3.71. The lowest BCUT2D eigenvalue weighted by Crippen LogP contribution is -2.45. The Labute approximate surface area is 120 Å². The molecule has 3 nitrogen and oxygen atoms in total. The summed E-state index contributed by atoms with van der Waals surface area (Å²) in [5.74, 6) is -0.0431. The monoisotopic (exact) mass is 282 g/mol. The van der Waals surface area contributed by atoms with Crippen LogP contribution in [0, 0.1) is 6.92 Å². The van der Waals surface area contributed by atoms with Crippen molar-refractivity contribution in [3.05, 3.63) is 28.8 Å². The summed E-state index contributed by atoms with van der Waals surface area (Å²) in [7, 11) is 0. The van der Waals surface area contributed by atoms with Crippen LogP contribution < -0.4 is 10.6 Å². The minimum Gasteiger partial charge on any atom is -0.325 e. The number of anilines is 1. The smallest absolute Gasteiger partial charge is 0.238 e. The average molecular weight is 283 g/mol. The Morgan fingerprint density at radius 3 is 2.53 bits per heavy atom. The Hall–Kier alpha value is -1.06. The number of hydrogen-bond donors (Lipinski definition) is 2. The molecule has 0 aliphatic rings. The van der Waals surface area contributed by atoms with Crippen molar-refractivity contribution in [3.63, 3.8) is 0 Å². The van der Waals surface area contributed by atoms with E-state index in [1.165, 1.54) is 0 Å². The number of halogens is 1. The van der Waals surface area contributed by atoms with Crippen molar-refractivity contribution >= 4 is 23.2 Å². The molecule has 106 valence electrons. The maximum atomic E-state index is 11.9. The average Bonchev–Trinajstić information content (AvgIpc) is 2.40. The molecule has 0 saturated heterocycles. The van der Waals surface area contributed by atoms with Crippen molar-refractivity contribution in [2.24, 2.45) is 0 Å². The van der Waals surface area contributed by atoms with E-state index in [9.17, 15) is 4.79 Å². The van der Waals surface area contributed by atoms with Crippen LogP contribution >= 0.6 is 11.6 Å². The summed E-state index contributed by atoms with van der Waals surface area (Å²) in [5.41, 5.74) is 1.79. The minimum absolute atomic E-state index is 0.0146. The van der Waals surface area contributed by atoms with Crippen LogP contribution in [0.2, 0.25) is 5.02 Å². The van der Waals surface area contributed by atoms with E-state index in [0.29, 0.717) is 11.6 Å². The summed E-state index contributed by atoms with van der Waals surface area (Å²) in [6.45, 7) is 8.63. The SMILES string of the molecule is CCC(C)(CC)NCC(=O)Nc1cc(Cl)ccc1C. The number of amides is 1. The third kappa shape index (κ3) is 4.84. The molecular formula is C15H23ClN2O. The van der Waals surface area contributed by atoms with Gasteiger partial charge in [-0.15, -0.1) is 0 Å². The van der Waals surface area contributed by atoms with Crippen LogP contribution in [0.15, 0.2) is 18.2 Å². The fourth-order valence-electron chi connectivity index (χ4n) is 1.72. The standard InChI is InChI=1S/C15H23ClN2O/c1-5-15(4,6-2)17-10-14(19)18-13-9-12(16)8-7-11(13)3/h7-9,17H,5-6,10H2,1-4H3,(H,18,19). The molecule has 1 amide bonds. The first-order chi connectivity index (χ1) is 8.90. The predicted molar refractivity (Wildman–Crippen MR) is 81.8 cm³/mol. The summed E-state index contributed by atoms with van der Waals surface area (Å²) < 4.78 is 0. The summed E-state index contributed by atoms with van der Waals surface area (Å²) in [5, 5.41) is 6.82. The highest BCUT2D eigenvalue weighted by atomic mass is 35.5. The lowest BCUT2D eigenvalue weighted by Gasteiger charge is -2.28. The lowest BCUT2D eigenvalue weighted by atomic mass is 9.96. The van der Waals surface area contributed by atoms with Gasteiger partial charge in [-0.1, -0.05) is 31.5 Å². The molecule has 0 saturated carbocycles. The fourth-order valence-corrected chi connectivity index (χ4v) is 1.89. The number of carbonyl (C=O) groups excluding carboxylic acids is 1. The molecular weight excluding hydrogens is 260 g/mol. The zero-order chi connectivity index (χ0) is 14.5. The van der Waals surface area contributed by atoms with Gasteiger partial charge in [-0.05, 0) is 44.4 Å². The van der Waals surface area contributed by atoms with E-state index >= 15 is 0 Å². The van der Waals surface area contributed by atoms with Gasteiger partial charge < -0.3 is 10.6 Å². The molecule has 1 aromatic rings. The summed E-state index contributed by atoms with van der Waals surface area (Å²) >= 11 is 5.93. The Morgan fingerprint density at radius 1 is 1.32 bits per heavy atom. The topological polar surface area (TPSA) is 41.1 Å². The Kier molecular flexibility index (Phi) is 5.83. The first kappa shape index (κ1) is 16.0. The zero-order valence-corrected chi connectivity index (χ0v) is 12.9. The van der Waals surface area contributed by atoms with Crippen LogP contribution in [0.4, 0.5) is 5.69 Å². The molecule has 0 unspecified atom stereocenters. The van der Waals surface area contributed by atoms with E-state index in [2.05, 4.69) is 31.4 Å². The van der Waals surface area contributed by atoms with Gasteiger partial charge in [0.2, 0.25) is 5.91 Å². The highest BCUT2D eigenvalue weighted by molar-refractivity contribution is 6.31. The Balaban J connectivity index is 2.58. The van der Waals surface area contributed by atoms with E-state index < -0.39 is 0 Å². The first-order valence-electron chi connectivity index (χ1n) is 6.71. The first-order valence-corrected chi connectivity index (χ1v) is 7.09. The Morgan fingerprint density at radius 2 is 1.95 bits per heavy atom. The van der Waals surface area contributed by atoms with Crippen LogP contribution in [0.1, 0.15) is 39.2 Å². The highest BCUT2D eigenvalue weighted by Gasteiger charge is 2.19. The number of aryl methyl sites for hydroxylation is 1. The van der Waals surface area contributed by atoms with Gasteiger partial charge in [0.25, 0.3) is 0 Å². The lowest BCUT2D eigenvalue weighted by molar-refractivity contribution is -0.115. The maximum absolute atomic E-state index is 11.9. The number of benzene rings is 1. The largest absolute Gasteiger partial charge is 0.325 e. The number of hydrogen-bond acceptors (Lipinski definition) is 2. The zero-order valence-electron chi connectivity index (χ0n) is 12.1. The van der Waals surface area contributed by atoms with Crippen LogP contribution in [0.5, 0.6) is 0 Å². The van der Waals surface area contributed by atoms with E-state index in [-0.39, 0.29) is 11.4 Å². The van der Waals surface area contributed by atoms with Crippen LogP contribution in [-0.2, 0) is 4.79 Å². The predicted octanol–water partition coefficient (Wildman–Crippen LogP) is 3.76. The van der Waals surface area contributed by atoms with Gasteiger partial charge in [0.05, 0.1) is 6.54 Å². The van der Waals surface area contributed by atoms with Gasteiger partial charge in [-0.25, -0.2) is 0 Å². The highest BCUT2D eigenvalue weighted by Crippen LogP contribution is 2.20. The van der Waals surface area contributed by atoms with Crippen molar-refractivity contribution in [2.75, 3.05) is 11.9 Å². The van der Waals surface area contributed by atoms with Crippen LogP contribution in [-0.4, -0.2) is 18.0 Å². The number of carbonyl (C=O) groups is 1. The van der Waals surface area contributed by atoms with Crippen molar-refractivity contribution in [1.29, 1.82) is 0 Å². The fraction of sp³-hybridized carbons (Fsp3) is 0.533. The summed E-state index contributed by atoms with van der Waals surface area (Å²) in [6, 6.07) is 5.48. The maximum Gasteiger partial charge on any atom is 0.238 e. The quantitative estimate of drug-likeness (QED) is 0.834. The molecule has 2 N–H and O–H groups in total. The summed E-state index contributed by atoms with van der Waals surface area (Å²) in [4.78, 5) is 11.9. The second-order valence-corrected chi connectivity index (χ2v) is 5.57. The molecule has 0 fully saturated rings. The van der Waals surface area contributed by atoms with Crippen molar-refractivity contribution in [1.82, 2.24) is 5.32 Å². The molecule has 1 rings (SSSR count). The van der Waals surface area contributed by atoms with E-state index in [4.69, 9.17) is 11.6 Å². The van der Waals surface area contributed by atoms with E-state index in [1.54, 1.807) is 6.07 Å². The molecule has 4 heteroatoms. The van der Waals surface area contributed by atoms with Crippen molar-refractivity contribution in [3.8, 4) is 0 Å². The van der Waals surface area contributed by atoms with Gasteiger partial charge in [-0.2, -0.15) is 0 Å². The molecule has 0 spiro atoms. The molecule has 0 aliphatic heterocycles. The normalized spacial score (nSPS) is 11.4. The van der Waals surface area contributed by atoms with Crippen molar-refractivity contribution < 1.29 is 4.79 Å². The van der Waals surface area contributed by atoms with Crippen LogP contribution in [0.25, 0.3) is 0 Å². The Bertz CT molecular complexity index is 442. The molecule has 0 heterocycles. The number of rotatable bonds is 6. The van der Waals surface area contributed by atoms with Crippen LogP contribution in [0.3, 0.4) is 0 Å². The minimum atomic E-state index is -0.0431. The third-order valence-corrected chi connectivity index (χ3v) is 3.95. The molecule has 0 bridgehead atoms. The van der Waals surface area contributed by atoms with Gasteiger partial charge in [0.15, 0.2) is 0 Å². The van der Waals surface area contributed by atoms with Gasteiger partial charge >= 0.3 is 0 Å². The second-order valence-electron chi connectivity index (χ2n) is 5.13. The number of nitrogens with one attached hydrogen (secondary N) is 2.